The summed E-state index contributed by atoms with van der Waals surface area (Å²) in [6, 6.07) is 16.0. The Bertz CT molecular complexity index is 861. The zero-order valence-corrected chi connectivity index (χ0v) is 13.3. The molecule has 0 spiro atoms. The van der Waals surface area contributed by atoms with Crippen LogP contribution in [0.3, 0.4) is 0 Å². The Kier molecular flexibility index (Phi) is 2.68. The van der Waals surface area contributed by atoms with Crippen molar-refractivity contribution in [3.8, 4) is 0 Å². The molecule has 4 nitrogen and oxygen atoms in total. The molecule has 0 amide bonds. The zero-order chi connectivity index (χ0) is 13.7. The topological polar surface area (TPSA) is 35.6 Å². The lowest BCUT2D eigenvalue weighted by atomic mass is 10.3. The van der Waals surface area contributed by atoms with Gasteiger partial charge in [0, 0.05) is 0 Å². The minimum Gasteiger partial charge on any atom is -0.220 e. The molecular weight excluding hydrogens is 384 g/mol. The van der Waals surface area contributed by atoms with E-state index >= 15 is 0 Å². The highest BCUT2D eigenvalue weighted by molar-refractivity contribution is 9.10. The minimum atomic E-state index is 0.738. The van der Waals surface area contributed by atoms with Gasteiger partial charge in [-0.2, -0.15) is 0 Å². The van der Waals surface area contributed by atoms with Crippen molar-refractivity contribution in [1.82, 2.24) is 19.3 Å². The van der Waals surface area contributed by atoms with Crippen molar-refractivity contribution in [3.05, 3.63) is 58.0 Å². The molecule has 0 saturated heterocycles. The fraction of sp³-hybridized carbons (Fsp3) is 0. The molecule has 0 aliphatic carbocycles. The van der Waals surface area contributed by atoms with Gasteiger partial charge in [0.25, 0.3) is 0 Å². The molecule has 20 heavy (non-hydrogen) atoms. The molecule has 0 saturated carbocycles. The molecule has 4 rings (SSSR count). The highest BCUT2D eigenvalue weighted by Crippen LogP contribution is 2.26. The SMILES string of the molecule is Brc1nc2ccccc2n1-n1c(Br)nc2ccccc21. The number of fused-ring (bicyclic) bond motifs is 2. The lowest BCUT2D eigenvalue weighted by Gasteiger charge is -2.09. The highest BCUT2D eigenvalue weighted by atomic mass is 79.9. The van der Waals surface area contributed by atoms with E-state index in [2.05, 4.69) is 41.8 Å². The van der Waals surface area contributed by atoms with Gasteiger partial charge < -0.3 is 0 Å². The average Bonchev–Trinajstić information content (AvgIpc) is 2.94. The number of para-hydroxylation sites is 4. The van der Waals surface area contributed by atoms with Crippen LogP contribution in [0.2, 0.25) is 0 Å². The molecule has 0 fully saturated rings. The van der Waals surface area contributed by atoms with Crippen LogP contribution in [0, 0.1) is 0 Å². The Morgan fingerprint density at radius 2 is 1.05 bits per heavy atom. The molecule has 2 aromatic carbocycles. The summed E-state index contributed by atoms with van der Waals surface area (Å²) < 4.78 is 5.47. The second kappa shape index (κ2) is 4.43. The van der Waals surface area contributed by atoms with E-state index in [0.29, 0.717) is 0 Å². The summed E-state index contributed by atoms with van der Waals surface area (Å²) in [6.07, 6.45) is 0. The quantitative estimate of drug-likeness (QED) is 0.487. The molecular formula is C14H8Br2N4. The van der Waals surface area contributed by atoms with E-state index in [1.54, 1.807) is 0 Å². The molecule has 0 bridgehead atoms. The number of aromatic nitrogens is 4. The largest absolute Gasteiger partial charge is 0.220 e. The standard InChI is InChI=1S/C14H8Br2N4/c15-13-17-9-5-1-3-7-11(9)19(13)20-12-8-4-2-6-10(12)18-14(20)16/h1-8H. The van der Waals surface area contributed by atoms with Crippen LogP contribution in [0.15, 0.2) is 58.0 Å². The normalized spacial score (nSPS) is 11.5. The fourth-order valence-electron chi connectivity index (χ4n) is 2.35. The first-order chi connectivity index (χ1) is 9.75. The summed E-state index contributed by atoms with van der Waals surface area (Å²) >= 11 is 7.07. The van der Waals surface area contributed by atoms with E-state index in [4.69, 9.17) is 0 Å². The Labute approximate surface area is 131 Å². The maximum atomic E-state index is 4.53. The molecule has 0 unspecified atom stereocenters. The minimum absolute atomic E-state index is 0.738. The number of imidazole rings is 2. The maximum Gasteiger partial charge on any atom is 0.197 e. The van der Waals surface area contributed by atoms with Crippen LogP contribution in [0.25, 0.3) is 22.1 Å². The Morgan fingerprint density at radius 3 is 1.50 bits per heavy atom. The molecule has 2 aromatic heterocycles. The second-order valence-corrected chi connectivity index (χ2v) is 5.78. The van der Waals surface area contributed by atoms with Gasteiger partial charge in [-0.25, -0.2) is 19.3 Å². The Morgan fingerprint density at radius 1 is 0.650 bits per heavy atom. The lowest BCUT2D eigenvalue weighted by Crippen LogP contribution is -2.09. The molecule has 2 heterocycles. The van der Waals surface area contributed by atoms with Gasteiger partial charge in [0.1, 0.15) is 0 Å². The third-order valence-electron chi connectivity index (χ3n) is 3.19. The number of hydrogen-bond acceptors (Lipinski definition) is 2. The van der Waals surface area contributed by atoms with Gasteiger partial charge in [-0.15, -0.1) is 0 Å². The van der Waals surface area contributed by atoms with Crippen molar-refractivity contribution in [1.29, 1.82) is 0 Å². The van der Waals surface area contributed by atoms with E-state index in [-0.39, 0.29) is 0 Å². The number of rotatable bonds is 1. The molecule has 4 aromatic rings. The number of nitrogens with zero attached hydrogens (tertiary/aromatic N) is 4. The van der Waals surface area contributed by atoms with Gasteiger partial charge in [-0.3, -0.25) is 0 Å². The van der Waals surface area contributed by atoms with E-state index < -0.39 is 0 Å². The fourth-order valence-corrected chi connectivity index (χ4v) is 3.43. The second-order valence-electron chi connectivity index (χ2n) is 4.36. The average molecular weight is 392 g/mol. The summed E-state index contributed by atoms with van der Waals surface area (Å²) in [4.78, 5) is 9.05. The first kappa shape index (κ1) is 12.1. The van der Waals surface area contributed by atoms with Crippen molar-refractivity contribution in [3.63, 3.8) is 0 Å². The summed E-state index contributed by atoms with van der Waals surface area (Å²) in [5, 5.41) is 0. The summed E-state index contributed by atoms with van der Waals surface area (Å²) in [5.74, 6) is 0. The zero-order valence-electron chi connectivity index (χ0n) is 10.2. The molecule has 0 aliphatic rings. The number of halogens is 2. The summed E-state index contributed by atoms with van der Waals surface area (Å²) in [7, 11) is 0. The van der Waals surface area contributed by atoms with Crippen molar-refractivity contribution in [2.24, 2.45) is 0 Å². The molecule has 0 aliphatic heterocycles. The number of hydrogen-bond donors (Lipinski definition) is 0. The monoisotopic (exact) mass is 390 g/mol. The van der Waals surface area contributed by atoms with Crippen LogP contribution in [-0.4, -0.2) is 19.3 Å². The van der Waals surface area contributed by atoms with Gasteiger partial charge in [-0.1, -0.05) is 24.3 Å². The highest BCUT2D eigenvalue weighted by Gasteiger charge is 2.15. The van der Waals surface area contributed by atoms with Crippen LogP contribution in [-0.2, 0) is 0 Å². The van der Waals surface area contributed by atoms with Crippen LogP contribution in [0.1, 0.15) is 0 Å². The number of benzene rings is 2. The Balaban J connectivity index is 2.16. The van der Waals surface area contributed by atoms with Gasteiger partial charge >= 0.3 is 0 Å². The van der Waals surface area contributed by atoms with Gasteiger partial charge in [0.05, 0.1) is 22.1 Å². The van der Waals surface area contributed by atoms with E-state index in [9.17, 15) is 0 Å². The van der Waals surface area contributed by atoms with Gasteiger partial charge in [0.15, 0.2) is 9.47 Å². The summed E-state index contributed by atoms with van der Waals surface area (Å²) in [6.45, 7) is 0. The predicted molar refractivity (Wildman–Crippen MR) is 85.7 cm³/mol. The van der Waals surface area contributed by atoms with Crippen molar-refractivity contribution in [2.45, 2.75) is 0 Å². The maximum absolute atomic E-state index is 4.53. The van der Waals surface area contributed by atoms with Crippen LogP contribution in [0.4, 0.5) is 0 Å². The van der Waals surface area contributed by atoms with Crippen molar-refractivity contribution >= 4 is 53.9 Å². The van der Waals surface area contributed by atoms with Crippen LogP contribution < -0.4 is 0 Å². The molecule has 0 N–H and O–H groups in total. The van der Waals surface area contributed by atoms with Crippen molar-refractivity contribution in [2.75, 3.05) is 0 Å². The first-order valence-electron chi connectivity index (χ1n) is 6.02. The van der Waals surface area contributed by atoms with E-state index in [1.807, 2.05) is 57.9 Å². The summed E-state index contributed by atoms with van der Waals surface area (Å²) in [5.41, 5.74) is 3.90. The first-order valence-corrected chi connectivity index (χ1v) is 7.61. The molecule has 6 heteroatoms. The van der Waals surface area contributed by atoms with Crippen LogP contribution >= 0.6 is 31.9 Å². The molecule has 0 radical (unpaired) electrons. The lowest BCUT2D eigenvalue weighted by molar-refractivity contribution is 0.667. The van der Waals surface area contributed by atoms with E-state index in [1.165, 1.54) is 0 Å². The Hall–Kier alpha value is -1.66. The van der Waals surface area contributed by atoms with E-state index in [0.717, 1.165) is 31.5 Å². The predicted octanol–water partition coefficient (Wildman–Crippen LogP) is 4.22. The van der Waals surface area contributed by atoms with Gasteiger partial charge in [-0.05, 0) is 56.1 Å². The third kappa shape index (κ3) is 1.65. The van der Waals surface area contributed by atoms with Crippen LogP contribution in [0.5, 0.6) is 0 Å². The third-order valence-corrected chi connectivity index (χ3v) is 4.22. The smallest absolute Gasteiger partial charge is 0.197 e. The molecule has 98 valence electrons. The van der Waals surface area contributed by atoms with Gasteiger partial charge in [0.2, 0.25) is 0 Å². The molecule has 0 atom stereocenters. The van der Waals surface area contributed by atoms with Crippen molar-refractivity contribution < 1.29 is 0 Å².